The molecule has 0 radical (unpaired) electrons. The van der Waals surface area contributed by atoms with Crippen molar-refractivity contribution in [3.63, 3.8) is 0 Å². The average Bonchev–Trinajstić information content (AvgIpc) is 2.76. The number of methoxy groups -OCH3 is 1. The summed E-state index contributed by atoms with van der Waals surface area (Å²) in [4.78, 5) is 0. The third-order valence-electron chi connectivity index (χ3n) is 2.96. The average molecular weight is 297 g/mol. The highest BCUT2D eigenvalue weighted by molar-refractivity contribution is 9.10. The van der Waals surface area contributed by atoms with E-state index in [-0.39, 0.29) is 0 Å². The fraction of sp³-hybridized carbons (Fsp3) is 0.462. The lowest BCUT2D eigenvalue weighted by molar-refractivity contribution is 0.118. The minimum atomic E-state index is 0.429. The Hall–Kier alpha value is -0.870. The molecule has 0 unspecified atom stereocenters. The summed E-state index contributed by atoms with van der Waals surface area (Å²) in [5, 5.41) is 6.68. The van der Waals surface area contributed by atoms with Crippen molar-refractivity contribution in [2.75, 3.05) is 20.3 Å². The summed E-state index contributed by atoms with van der Waals surface area (Å²) in [6.07, 6.45) is 4.28. The molecular formula is C13H17BrN2O. The van der Waals surface area contributed by atoms with Gasteiger partial charge in [-0.1, -0.05) is 34.1 Å². The summed E-state index contributed by atoms with van der Waals surface area (Å²) >= 11 is 3.52. The first-order valence-electron chi connectivity index (χ1n) is 5.85. The Balaban J connectivity index is 2.03. The standard InChI is InChI=1S/C13H17BrN2O/c1-17-10-12-6-4-8-16(12)15-9-11-5-2-3-7-13(11)14/h2-3,5,7,9,12H,4,6,8,10H2,1H3/b15-9+/t12-/m0/s1. The van der Waals surface area contributed by atoms with Gasteiger partial charge in [0.2, 0.25) is 0 Å². The Morgan fingerprint density at radius 3 is 3.12 bits per heavy atom. The van der Waals surface area contributed by atoms with E-state index in [4.69, 9.17) is 4.74 Å². The summed E-state index contributed by atoms with van der Waals surface area (Å²) in [6, 6.07) is 8.53. The number of rotatable bonds is 4. The van der Waals surface area contributed by atoms with E-state index in [9.17, 15) is 0 Å². The van der Waals surface area contributed by atoms with Gasteiger partial charge in [-0.2, -0.15) is 5.10 Å². The molecule has 0 N–H and O–H groups in total. The maximum atomic E-state index is 5.21. The van der Waals surface area contributed by atoms with Crippen molar-refractivity contribution in [1.82, 2.24) is 5.01 Å². The van der Waals surface area contributed by atoms with E-state index >= 15 is 0 Å². The molecule has 0 spiro atoms. The Kier molecular flexibility index (Phi) is 4.57. The van der Waals surface area contributed by atoms with Crippen LogP contribution in [0.15, 0.2) is 33.8 Å². The SMILES string of the molecule is COC[C@@H]1CCCN1/N=C/c1ccccc1Br. The second-order valence-electron chi connectivity index (χ2n) is 4.18. The third-order valence-corrected chi connectivity index (χ3v) is 3.68. The molecule has 1 heterocycles. The van der Waals surface area contributed by atoms with Gasteiger partial charge in [0.15, 0.2) is 0 Å². The Morgan fingerprint density at radius 1 is 1.53 bits per heavy atom. The number of hydrazone groups is 1. The summed E-state index contributed by atoms with van der Waals surface area (Å²) in [7, 11) is 1.74. The predicted octanol–water partition coefficient (Wildman–Crippen LogP) is 2.89. The normalized spacial score (nSPS) is 20.4. The third kappa shape index (κ3) is 3.30. The van der Waals surface area contributed by atoms with E-state index in [0.717, 1.165) is 23.2 Å². The zero-order valence-corrected chi connectivity index (χ0v) is 11.6. The van der Waals surface area contributed by atoms with Gasteiger partial charge in [-0.15, -0.1) is 0 Å². The molecule has 3 nitrogen and oxygen atoms in total. The summed E-state index contributed by atoms with van der Waals surface area (Å²) < 4.78 is 6.28. The van der Waals surface area contributed by atoms with Gasteiger partial charge in [0, 0.05) is 23.7 Å². The van der Waals surface area contributed by atoms with E-state index in [0.29, 0.717) is 6.04 Å². The molecule has 1 fully saturated rings. The smallest absolute Gasteiger partial charge is 0.0704 e. The Morgan fingerprint density at radius 2 is 2.35 bits per heavy atom. The molecule has 0 aromatic heterocycles. The first kappa shape index (κ1) is 12.6. The molecule has 0 aliphatic carbocycles. The van der Waals surface area contributed by atoms with Crippen molar-refractivity contribution < 1.29 is 4.74 Å². The molecule has 1 saturated heterocycles. The number of benzene rings is 1. The number of ether oxygens (including phenoxy) is 1. The summed E-state index contributed by atoms with van der Waals surface area (Å²) in [6.45, 7) is 1.78. The lowest BCUT2D eigenvalue weighted by atomic mass is 10.2. The minimum absolute atomic E-state index is 0.429. The van der Waals surface area contributed by atoms with Gasteiger partial charge in [-0.25, -0.2) is 0 Å². The second-order valence-corrected chi connectivity index (χ2v) is 5.03. The molecule has 1 aliphatic rings. The molecule has 1 aliphatic heterocycles. The lowest BCUT2D eigenvalue weighted by Gasteiger charge is -2.20. The van der Waals surface area contributed by atoms with Gasteiger partial charge in [0.1, 0.15) is 0 Å². The van der Waals surface area contributed by atoms with Gasteiger partial charge in [0.25, 0.3) is 0 Å². The lowest BCUT2D eigenvalue weighted by Crippen LogP contribution is -2.28. The van der Waals surface area contributed by atoms with Crippen molar-refractivity contribution in [1.29, 1.82) is 0 Å². The van der Waals surface area contributed by atoms with Gasteiger partial charge in [0.05, 0.1) is 18.9 Å². The highest BCUT2D eigenvalue weighted by atomic mass is 79.9. The van der Waals surface area contributed by atoms with E-state index in [2.05, 4.69) is 32.1 Å². The monoisotopic (exact) mass is 296 g/mol. The van der Waals surface area contributed by atoms with Crippen molar-refractivity contribution in [2.45, 2.75) is 18.9 Å². The molecule has 1 atom stereocenters. The van der Waals surface area contributed by atoms with Crippen LogP contribution in [-0.2, 0) is 4.74 Å². The summed E-state index contributed by atoms with van der Waals surface area (Å²) in [5.41, 5.74) is 1.11. The zero-order chi connectivity index (χ0) is 12.1. The Bertz CT molecular complexity index is 395. The number of hydrogen-bond acceptors (Lipinski definition) is 3. The molecular weight excluding hydrogens is 280 g/mol. The maximum absolute atomic E-state index is 5.21. The molecule has 2 rings (SSSR count). The van der Waals surface area contributed by atoms with Crippen LogP contribution in [0.1, 0.15) is 18.4 Å². The van der Waals surface area contributed by atoms with Crippen molar-refractivity contribution in [3.8, 4) is 0 Å². The van der Waals surface area contributed by atoms with Crippen molar-refractivity contribution in [3.05, 3.63) is 34.3 Å². The topological polar surface area (TPSA) is 24.8 Å². The van der Waals surface area contributed by atoms with Crippen LogP contribution in [0.5, 0.6) is 0 Å². The van der Waals surface area contributed by atoms with Gasteiger partial charge in [-0.05, 0) is 18.9 Å². The molecule has 1 aromatic carbocycles. The highest BCUT2D eigenvalue weighted by Crippen LogP contribution is 2.18. The first-order valence-corrected chi connectivity index (χ1v) is 6.64. The molecule has 1 aromatic rings. The molecule has 0 saturated carbocycles. The molecule has 17 heavy (non-hydrogen) atoms. The van der Waals surface area contributed by atoms with Gasteiger partial charge < -0.3 is 4.74 Å². The van der Waals surface area contributed by atoms with E-state index < -0.39 is 0 Å². The van der Waals surface area contributed by atoms with Crippen molar-refractivity contribution >= 4 is 22.1 Å². The van der Waals surface area contributed by atoms with Crippen LogP contribution < -0.4 is 0 Å². The number of hydrogen-bond donors (Lipinski definition) is 0. The fourth-order valence-electron chi connectivity index (χ4n) is 2.05. The van der Waals surface area contributed by atoms with Crippen LogP contribution in [-0.4, -0.2) is 37.5 Å². The minimum Gasteiger partial charge on any atom is -0.382 e. The largest absolute Gasteiger partial charge is 0.382 e. The van der Waals surface area contributed by atoms with E-state index in [1.54, 1.807) is 7.11 Å². The van der Waals surface area contributed by atoms with E-state index in [1.807, 2.05) is 24.4 Å². The van der Waals surface area contributed by atoms with Crippen LogP contribution in [0.25, 0.3) is 0 Å². The molecule has 4 heteroatoms. The van der Waals surface area contributed by atoms with Gasteiger partial charge in [-0.3, -0.25) is 5.01 Å². The quantitative estimate of drug-likeness (QED) is 0.798. The number of nitrogens with zero attached hydrogens (tertiary/aromatic N) is 2. The first-order chi connectivity index (χ1) is 8.31. The van der Waals surface area contributed by atoms with Crippen LogP contribution in [0, 0.1) is 0 Å². The Labute approximate surface area is 111 Å². The predicted molar refractivity (Wildman–Crippen MR) is 73.3 cm³/mol. The van der Waals surface area contributed by atoms with Crippen LogP contribution in [0.2, 0.25) is 0 Å². The fourth-order valence-corrected chi connectivity index (χ4v) is 2.44. The van der Waals surface area contributed by atoms with Crippen LogP contribution in [0.3, 0.4) is 0 Å². The van der Waals surface area contributed by atoms with Gasteiger partial charge >= 0.3 is 0 Å². The molecule has 0 bridgehead atoms. The van der Waals surface area contributed by atoms with Crippen molar-refractivity contribution in [2.24, 2.45) is 5.10 Å². The molecule has 92 valence electrons. The summed E-state index contributed by atoms with van der Waals surface area (Å²) in [5.74, 6) is 0. The molecule has 0 amide bonds. The maximum Gasteiger partial charge on any atom is 0.0704 e. The van der Waals surface area contributed by atoms with Crippen LogP contribution in [0.4, 0.5) is 0 Å². The second kappa shape index (κ2) is 6.17. The zero-order valence-electron chi connectivity index (χ0n) is 9.97. The number of halogens is 1. The van der Waals surface area contributed by atoms with Crippen LogP contribution >= 0.6 is 15.9 Å². The van der Waals surface area contributed by atoms with E-state index in [1.165, 1.54) is 12.8 Å². The highest BCUT2D eigenvalue weighted by Gasteiger charge is 2.22.